The lowest BCUT2D eigenvalue weighted by atomic mass is 9.94. The molecule has 0 aromatic carbocycles. The third-order valence-corrected chi connectivity index (χ3v) is 3.27. The zero-order valence-corrected chi connectivity index (χ0v) is 15.5. The maximum Gasteiger partial charge on any atom is 0.410 e. The average molecular weight is 345 g/mol. The molecule has 0 aliphatic rings. The number of hydrogen-bond donors (Lipinski definition) is 2. The molecule has 0 bridgehead atoms. The topological polar surface area (TPSA) is 102 Å². The minimum atomic E-state index is -0.970. The van der Waals surface area contributed by atoms with Crippen molar-refractivity contribution in [3.05, 3.63) is 0 Å². The highest BCUT2D eigenvalue weighted by Gasteiger charge is 2.24. The van der Waals surface area contributed by atoms with Crippen LogP contribution in [-0.2, 0) is 19.1 Å². The zero-order valence-electron chi connectivity index (χ0n) is 15.5. The second-order valence-electron chi connectivity index (χ2n) is 7.08. The molecule has 0 aromatic heterocycles. The van der Waals surface area contributed by atoms with Crippen LogP contribution in [0.4, 0.5) is 4.79 Å². The quantitative estimate of drug-likeness (QED) is 0.466. The Balaban J connectivity index is 4.54. The van der Waals surface area contributed by atoms with Gasteiger partial charge in [-0.3, -0.25) is 9.59 Å². The Morgan fingerprint density at radius 3 is 2.00 bits per heavy atom. The molecular weight excluding hydrogens is 314 g/mol. The molecule has 0 aliphatic carbocycles. The van der Waals surface area contributed by atoms with Crippen molar-refractivity contribution in [2.24, 2.45) is 23.7 Å². The first-order valence-electron chi connectivity index (χ1n) is 8.39. The molecule has 0 radical (unpaired) electrons. The van der Waals surface area contributed by atoms with E-state index in [1.54, 1.807) is 27.7 Å². The summed E-state index contributed by atoms with van der Waals surface area (Å²) in [5.41, 5.74) is 0. The fourth-order valence-corrected chi connectivity index (χ4v) is 2.07. The van der Waals surface area contributed by atoms with Gasteiger partial charge in [-0.1, -0.05) is 41.5 Å². The number of carboxylic acids is 1. The molecular formula is C17H31NO6. The van der Waals surface area contributed by atoms with E-state index in [1.807, 2.05) is 13.8 Å². The van der Waals surface area contributed by atoms with E-state index >= 15 is 0 Å². The summed E-state index contributed by atoms with van der Waals surface area (Å²) in [6, 6.07) is 0. The van der Waals surface area contributed by atoms with Crippen molar-refractivity contribution in [2.45, 2.75) is 60.7 Å². The van der Waals surface area contributed by atoms with E-state index in [1.165, 1.54) is 0 Å². The molecule has 1 amide bonds. The summed E-state index contributed by atoms with van der Waals surface area (Å²) in [6.07, 6.45) is -1.02. The predicted molar refractivity (Wildman–Crippen MR) is 89.2 cm³/mol. The molecule has 0 saturated heterocycles. The van der Waals surface area contributed by atoms with Gasteiger partial charge in [-0.05, 0) is 18.3 Å². The number of aliphatic carboxylic acids is 1. The summed E-state index contributed by atoms with van der Waals surface area (Å²) in [6.45, 7) is 11.1. The van der Waals surface area contributed by atoms with Crippen LogP contribution in [0.1, 0.15) is 54.4 Å². The Labute approximate surface area is 144 Å². The molecule has 0 saturated carbocycles. The van der Waals surface area contributed by atoms with Crippen LogP contribution >= 0.6 is 0 Å². The molecule has 7 nitrogen and oxygen atoms in total. The lowest BCUT2D eigenvalue weighted by molar-refractivity contribution is -0.178. The normalized spacial score (nSPS) is 13.7. The lowest BCUT2D eigenvalue weighted by Crippen LogP contribution is -2.37. The summed E-state index contributed by atoms with van der Waals surface area (Å²) >= 11 is 0. The Kier molecular flexibility index (Phi) is 10.1. The van der Waals surface area contributed by atoms with E-state index in [0.29, 0.717) is 12.3 Å². The standard InChI is InChI=1S/C17H31NO6/c1-10(2)7-13(8-14(19)20)9-18-17(22)24-16(12(5)6)23-15(21)11(3)4/h10-13,16H,7-9H2,1-6H3,(H,18,22)(H,19,20)/t13-,16+/m0/s1. The number of ether oxygens (including phenoxy) is 2. The first-order valence-corrected chi connectivity index (χ1v) is 8.39. The number of carbonyl (C=O) groups is 3. The van der Waals surface area contributed by atoms with Gasteiger partial charge >= 0.3 is 18.0 Å². The minimum absolute atomic E-state index is 0.0194. The number of esters is 1. The van der Waals surface area contributed by atoms with E-state index in [9.17, 15) is 14.4 Å². The van der Waals surface area contributed by atoms with Crippen LogP contribution in [0.15, 0.2) is 0 Å². The largest absolute Gasteiger partial charge is 0.481 e. The summed E-state index contributed by atoms with van der Waals surface area (Å²) in [4.78, 5) is 34.4. The molecule has 140 valence electrons. The molecule has 0 spiro atoms. The van der Waals surface area contributed by atoms with Crippen LogP contribution in [0.25, 0.3) is 0 Å². The number of amides is 1. The van der Waals surface area contributed by atoms with Gasteiger partial charge in [0.2, 0.25) is 0 Å². The number of alkyl carbamates (subject to hydrolysis) is 1. The first kappa shape index (κ1) is 22.2. The molecule has 0 aliphatic heterocycles. The van der Waals surface area contributed by atoms with Crippen molar-refractivity contribution in [2.75, 3.05) is 6.54 Å². The van der Waals surface area contributed by atoms with Gasteiger partial charge in [0.25, 0.3) is 6.29 Å². The molecule has 24 heavy (non-hydrogen) atoms. The van der Waals surface area contributed by atoms with Gasteiger partial charge in [0.05, 0.1) is 5.92 Å². The van der Waals surface area contributed by atoms with Crippen molar-refractivity contribution in [1.82, 2.24) is 5.32 Å². The number of hydrogen-bond acceptors (Lipinski definition) is 5. The molecule has 0 aromatic rings. The summed E-state index contributed by atoms with van der Waals surface area (Å²) in [5.74, 6) is -1.70. The predicted octanol–water partition coefficient (Wildman–Crippen LogP) is 3.03. The van der Waals surface area contributed by atoms with Gasteiger partial charge in [0, 0.05) is 18.9 Å². The molecule has 7 heteroatoms. The second-order valence-corrected chi connectivity index (χ2v) is 7.08. The monoisotopic (exact) mass is 345 g/mol. The van der Waals surface area contributed by atoms with Crippen molar-refractivity contribution in [1.29, 1.82) is 0 Å². The molecule has 0 unspecified atom stereocenters. The van der Waals surface area contributed by atoms with E-state index in [2.05, 4.69) is 5.32 Å². The fourth-order valence-electron chi connectivity index (χ4n) is 2.07. The van der Waals surface area contributed by atoms with Crippen molar-refractivity contribution >= 4 is 18.0 Å². The zero-order chi connectivity index (χ0) is 18.9. The molecule has 0 heterocycles. The van der Waals surface area contributed by atoms with E-state index < -0.39 is 24.3 Å². The Morgan fingerprint density at radius 1 is 1.00 bits per heavy atom. The highest BCUT2D eigenvalue weighted by Crippen LogP contribution is 2.15. The van der Waals surface area contributed by atoms with Gasteiger partial charge < -0.3 is 19.9 Å². The SMILES string of the molecule is CC(C)C[C@H](CNC(=O)O[C@@H](OC(=O)C(C)C)C(C)C)CC(=O)O. The first-order chi connectivity index (χ1) is 11.0. The molecule has 2 N–H and O–H groups in total. The molecule has 0 fully saturated rings. The van der Waals surface area contributed by atoms with Gasteiger partial charge in [0.15, 0.2) is 0 Å². The van der Waals surface area contributed by atoms with Crippen LogP contribution in [0, 0.1) is 23.7 Å². The van der Waals surface area contributed by atoms with Crippen LogP contribution in [0.3, 0.4) is 0 Å². The maximum absolute atomic E-state index is 11.9. The number of carboxylic acid groups (broad SMARTS) is 1. The van der Waals surface area contributed by atoms with Gasteiger partial charge in [0.1, 0.15) is 0 Å². The van der Waals surface area contributed by atoms with Crippen LogP contribution < -0.4 is 5.32 Å². The van der Waals surface area contributed by atoms with Crippen molar-refractivity contribution in [3.63, 3.8) is 0 Å². The Morgan fingerprint density at radius 2 is 1.58 bits per heavy atom. The van der Waals surface area contributed by atoms with Gasteiger partial charge in [-0.2, -0.15) is 0 Å². The van der Waals surface area contributed by atoms with E-state index in [-0.39, 0.29) is 30.7 Å². The summed E-state index contributed by atoms with van der Waals surface area (Å²) in [7, 11) is 0. The van der Waals surface area contributed by atoms with Crippen LogP contribution in [0.5, 0.6) is 0 Å². The third kappa shape index (κ3) is 10.1. The maximum atomic E-state index is 11.9. The molecule has 2 atom stereocenters. The minimum Gasteiger partial charge on any atom is -0.481 e. The van der Waals surface area contributed by atoms with Crippen molar-refractivity contribution < 1.29 is 29.0 Å². The fraction of sp³-hybridized carbons (Fsp3) is 0.824. The number of carbonyl (C=O) groups excluding carboxylic acids is 2. The Hall–Kier alpha value is -1.79. The highest BCUT2D eigenvalue weighted by molar-refractivity contribution is 5.72. The third-order valence-electron chi connectivity index (χ3n) is 3.27. The molecule has 0 rings (SSSR count). The van der Waals surface area contributed by atoms with E-state index in [4.69, 9.17) is 14.6 Å². The second kappa shape index (κ2) is 10.9. The van der Waals surface area contributed by atoms with Crippen LogP contribution in [0.2, 0.25) is 0 Å². The smallest absolute Gasteiger partial charge is 0.410 e. The van der Waals surface area contributed by atoms with Crippen LogP contribution in [-0.4, -0.2) is 36.0 Å². The van der Waals surface area contributed by atoms with E-state index in [0.717, 1.165) is 0 Å². The average Bonchev–Trinajstić information content (AvgIpc) is 2.42. The summed E-state index contributed by atoms with van der Waals surface area (Å²) < 4.78 is 10.3. The highest BCUT2D eigenvalue weighted by atomic mass is 16.7. The van der Waals surface area contributed by atoms with Crippen molar-refractivity contribution in [3.8, 4) is 0 Å². The van der Waals surface area contributed by atoms with Gasteiger partial charge in [-0.25, -0.2) is 4.79 Å². The van der Waals surface area contributed by atoms with Gasteiger partial charge in [-0.15, -0.1) is 0 Å². The number of nitrogens with one attached hydrogen (secondary N) is 1. The lowest BCUT2D eigenvalue weighted by Gasteiger charge is -2.23. The number of rotatable bonds is 10. The Bertz CT molecular complexity index is 419. The summed E-state index contributed by atoms with van der Waals surface area (Å²) in [5, 5.41) is 11.5.